The summed E-state index contributed by atoms with van der Waals surface area (Å²) in [6.07, 6.45) is 11.1. The van der Waals surface area contributed by atoms with Crippen molar-refractivity contribution in [1.29, 1.82) is 0 Å². The molecule has 0 aliphatic heterocycles. The van der Waals surface area contributed by atoms with Gasteiger partial charge in [0.2, 0.25) is 0 Å². The van der Waals surface area contributed by atoms with E-state index in [2.05, 4.69) is 13.8 Å². The van der Waals surface area contributed by atoms with Gasteiger partial charge in [-0.1, -0.05) is 31.1 Å². The number of carbonyl (C=O) groups excluding carboxylic acids is 3. The van der Waals surface area contributed by atoms with E-state index in [0.29, 0.717) is 18.3 Å². The van der Waals surface area contributed by atoms with Crippen LogP contribution in [-0.4, -0.2) is 24.6 Å². The van der Waals surface area contributed by atoms with Gasteiger partial charge in [0.1, 0.15) is 5.78 Å². The van der Waals surface area contributed by atoms with Gasteiger partial charge in [-0.05, 0) is 55.1 Å². The van der Waals surface area contributed by atoms with Crippen LogP contribution in [0.5, 0.6) is 0 Å². The number of fused-ring (bicyclic) bond motifs is 5. The quantitative estimate of drug-likeness (QED) is 0.533. The molecule has 0 aromatic rings. The van der Waals surface area contributed by atoms with E-state index in [9.17, 15) is 14.4 Å². The van der Waals surface area contributed by atoms with E-state index in [4.69, 9.17) is 4.74 Å². The maximum Gasteiger partial charge on any atom is 0.330 e. The van der Waals surface area contributed by atoms with Crippen LogP contribution in [0.25, 0.3) is 0 Å². The number of ketones is 2. The molecule has 0 spiro atoms. The highest BCUT2D eigenvalue weighted by molar-refractivity contribution is 6.01. The number of carbonyl (C=O) groups is 3. The summed E-state index contributed by atoms with van der Waals surface area (Å²) in [6, 6.07) is 0. The molecule has 4 nitrogen and oxygen atoms in total. The van der Waals surface area contributed by atoms with Crippen LogP contribution in [0, 0.1) is 28.6 Å². The predicted molar refractivity (Wildman–Crippen MR) is 97.1 cm³/mol. The van der Waals surface area contributed by atoms with Crippen molar-refractivity contribution < 1.29 is 19.1 Å². The standard InChI is InChI=1S/C22H26O4/c1-21-9-8-15(23)10-13(21)4-6-16-17-7-5-14(11-19(25)26-3)22(17,2)12-18(24)20(16)21/h8-11,16-17,20H,4-7,12H2,1-3H3/t16-,17-,20+,21-,22+/m0/s1. The number of hydrogen-bond acceptors (Lipinski definition) is 4. The summed E-state index contributed by atoms with van der Waals surface area (Å²) in [4.78, 5) is 36.9. The van der Waals surface area contributed by atoms with E-state index in [1.807, 2.05) is 6.08 Å². The first-order valence-electron chi connectivity index (χ1n) is 9.55. The largest absolute Gasteiger partial charge is 0.466 e. The number of esters is 1. The highest BCUT2D eigenvalue weighted by Gasteiger charge is 2.60. The lowest BCUT2D eigenvalue weighted by Crippen LogP contribution is -2.53. The highest BCUT2D eigenvalue weighted by Crippen LogP contribution is 2.64. The Hall–Kier alpha value is -1.97. The third kappa shape index (κ3) is 2.30. The van der Waals surface area contributed by atoms with Gasteiger partial charge in [-0.2, -0.15) is 0 Å². The van der Waals surface area contributed by atoms with Gasteiger partial charge in [0.15, 0.2) is 5.78 Å². The fraction of sp³-hybridized carbons (Fsp3) is 0.591. The van der Waals surface area contributed by atoms with Crippen LogP contribution in [0.2, 0.25) is 0 Å². The lowest BCUT2D eigenvalue weighted by molar-refractivity contribution is -0.140. The van der Waals surface area contributed by atoms with Crippen LogP contribution < -0.4 is 0 Å². The second kappa shape index (κ2) is 5.77. The Balaban J connectivity index is 1.72. The zero-order valence-electron chi connectivity index (χ0n) is 15.7. The summed E-state index contributed by atoms with van der Waals surface area (Å²) in [7, 11) is 1.39. The molecule has 0 saturated heterocycles. The van der Waals surface area contributed by atoms with E-state index >= 15 is 0 Å². The molecule has 0 radical (unpaired) electrons. The number of rotatable bonds is 1. The van der Waals surface area contributed by atoms with Gasteiger partial charge in [0.25, 0.3) is 0 Å². The lowest BCUT2D eigenvalue weighted by atomic mass is 9.48. The minimum atomic E-state index is -0.329. The molecule has 4 aliphatic rings. The van der Waals surface area contributed by atoms with Crippen molar-refractivity contribution in [2.45, 2.75) is 46.0 Å². The van der Waals surface area contributed by atoms with Crippen molar-refractivity contribution in [3.63, 3.8) is 0 Å². The van der Waals surface area contributed by atoms with Crippen molar-refractivity contribution in [3.05, 3.63) is 35.5 Å². The zero-order chi connectivity index (χ0) is 18.7. The van der Waals surface area contributed by atoms with Gasteiger partial charge in [-0.3, -0.25) is 9.59 Å². The molecule has 3 saturated carbocycles. The third-order valence-electron chi connectivity index (χ3n) is 7.60. The number of allylic oxidation sites excluding steroid dienone is 5. The second-order valence-corrected chi connectivity index (χ2v) is 8.77. The number of methoxy groups -OCH3 is 1. The predicted octanol–water partition coefficient (Wildman–Crippen LogP) is 3.57. The topological polar surface area (TPSA) is 60.4 Å². The Bertz CT molecular complexity index is 786. The Labute approximate surface area is 154 Å². The van der Waals surface area contributed by atoms with E-state index in [1.54, 1.807) is 18.2 Å². The summed E-state index contributed by atoms with van der Waals surface area (Å²) < 4.78 is 4.82. The molecule has 0 unspecified atom stereocenters. The SMILES string of the molecule is COC(=O)C=C1CC[C@H]2[C@@H]3CCC4=CC(=O)C=C[C@]4(C)[C@H]3C(=O)C[C@]12C. The van der Waals surface area contributed by atoms with Crippen LogP contribution in [0.3, 0.4) is 0 Å². The van der Waals surface area contributed by atoms with Crippen LogP contribution in [0.15, 0.2) is 35.5 Å². The molecule has 138 valence electrons. The average Bonchev–Trinajstić information content (AvgIpc) is 2.91. The monoisotopic (exact) mass is 354 g/mol. The molecule has 5 atom stereocenters. The number of ether oxygens (including phenoxy) is 1. The first kappa shape index (κ1) is 17.4. The van der Waals surface area contributed by atoms with Gasteiger partial charge < -0.3 is 4.74 Å². The number of Topliss-reactive ketones (excluding diaryl/α,β-unsaturated/α-hetero) is 1. The first-order valence-corrected chi connectivity index (χ1v) is 9.55. The minimum absolute atomic E-state index is 0.0354. The maximum absolute atomic E-state index is 13.3. The van der Waals surface area contributed by atoms with Gasteiger partial charge in [0.05, 0.1) is 7.11 Å². The highest BCUT2D eigenvalue weighted by atomic mass is 16.5. The summed E-state index contributed by atoms with van der Waals surface area (Å²) in [5.74, 6) is 0.649. The fourth-order valence-corrected chi connectivity index (χ4v) is 6.32. The molecule has 0 aromatic heterocycles. The fourth-order valence-electron chi connectivity index (χ4n) is 6.32. The molecule has 0 heterocycles. The number of hydrogen-bond donors (Lipinski definition) is 0. The van der Waals surface area contributed by atoms with Gasteiger partial charge in [0, 0.05) is 23.8 Å². The molecule has 4 heteroatoms. The molecular weight excluding hydrogens is 328 g/mol. The summed E-state index contributed by atoms with van der Waals surface area (Å²) in [5.41, 5.74) is 1.62. The van der Waals surface area contributed by atoms with Crippen molar-refractivity contribution in [1.82, 2.24) is 0 Å². The van der Waals surface area contributed by atoms with E-state index in [-0.39, 0.29) is 34.3 Å². The molecule has 3 fully saturated rings. The minimum Gasteiger partial charge on any atom is -0.466 e. The van der Waals surface area contributed by atoms with Crippen LogP contribution in [-0.2, 0) is 19.1 Å². The van der Waals surface area contributed by atoms with E-state index in [1.165, 1.54) is 7.11 Å². The third-order valence-corrected chi connectivity index (χ3v) is 7.60. The van der Waals surface area contributed by atoms with Crippen LogP contribution in [0.4, 0.5) is 0 Å². The second-order valence-electron chi connectivity index (χ2n) is 8.77. The van der Waals surface area contributed by atoms with Crippen LogP contribution >= 0.6 is 0 Å². The Morgan fingerprint density at radius 2 is 2.00 bits per heavy atom. The summed E-state index contributed by atoms with van der Waals surface area (Å²) in [5, 5.41) is 0. The molecule has 0 N–H and O–H groups in total. The first-order chi connectivity index (χ1) is 12.3. The molecule has 4 aliphatic carbocycles. The summed E-state index contributed by atoms with van der Waals surface area (Å²) >= 11 is 0. The van der Waals surface area contributed by atoms with Crippen molar-refractivity contribution >= 4 is 17.5 Å². The van der Waals surface area contributed by atoms with Gasteiger partial charge in [-0.15, -0.1) is 0 Å². The molecule has 4 rings (SSSR count). The molecule has 0 amide bonds. The van der Waals surface area contributed by atoms with Gasteiger partial charge >= 0.3 is 5.97 Å². The summed E-state index contributed by atoms with van der Waals surface area (Å²) in [6.45, 7) is 4.28. The van der Waals surface area contributed by atoms with E-state index < -0.39 is 0 Å². The Kier molecular flexibility index (Phi) is 3.87. The lowest BCUT2D eigenvalue weighted by Gasteiger charge is -2.55. The zero-order valence-corrected chi connectivity index (χ0v) is 15.7. The van der Waals surface area contributed by atoms with Gasteiger partial charge in [-0.25, -0.2) is 4.79 Å². The van der Waals surface area contributed by atoms with Crippen LogP contribution in [0.1, 0.15) is 46.0 Å². The normalized spacial score (nSPS) is 42.8. The molecule has 0 aromatic carbocycles. The average molecular weight is 354 g/mol. The maximum atomic E-state index is 13.3. The van der Waals surface area contributed by atoms with E-state index in [0.717, 1.165) is 36.8 Å². The van der Waals surface area contributed by atoms with Crippen molar-refractivity contribution in [2.24, 2.45) is 28.6 Å². The van der Waals surface area contributed by atoms with Crippen molar-refractivity contribution in [2.75, 3.05) is 7.11 Å². The Morgan fingerprint density at radius 1 is 1.23 bits per heavy atom. The molecular formula is C22H26O4. The molecule has 26 heavy (non-hydrogen) atoms. The van der Waals surface area contributed by atoms with Crippen molar-refractivity contribution in [3.8, 4) is 0 Å². The Morgan fingerprint density at radius 3 is 2.73 bits per heavy atom. The smallest absolute Gasteiger partial charge is 0.330 e. The molecule has 0 bridgehead atoms.